The molecule has 0 fully saturated rings. The van der Waals surface area contributed by atoms with Crippen LogP contribution in [0.15, 0.2) is 82.5 Å². The molecule has 0 aliphatic rings. The van der Waals surface area contributed by atoms with Crippen LogP contribution in [0.25, 0.3) is 10.9 Å². The largest absolute Gasteiger partial charge is 0.446 e. The third-order valence-corrected chi connectivity index (χ3v) is 7.00. The van der Waals surface area contributed by atoms with E-state index in [9.17, 15) is 18.0 Å². The molecule has 0 saturated heterocycles. The van der Waals surface area contributed by atoms with Gasteiger partial charge in [-0.2, -0.15) is 13.2 Å². The Labute approximate surface area is 219 Å². The van der Waals surface area contributed by atoms with Crippen molar-refractivity contribution < 1.29 is 13.2 Å². The minimum absolute atomic E-state index is 0.0465. The van der Waals surface area contributed by atoms with E-state index in [0.717, 1.165) is 27.6 Å². The molecule has 37 heavy (non-hydrogen) atoms. The van der Waals surface area contributed by atoms with Crippen LogP contribution in [0.2, 0.25) is 0 Å². The van der Waals surface area contributed by atoms with Gasteiger partial charge in [0.15, 0.2) is 0 Å². The smallest absolute Gasteiger partial charge is 0.322 e. The number of fused-ring (bicyclic) bond motifs is 1. The number of nitrogens with one attached hydrogen (secondary N) is 1. The molecule has 194 valence electrons. The molecule has 0 saturated carbocycles. The molecule has 0 aliphatic heterocycles. The number of alkyl halides is 3. The Morgan fingerprint density at radius 3 is 1.97 bits per heavy atom. The summed E-state index contributed by atoms with van der Waals surface area (Å²) in [7, 11) is 0. The molecule has 1 aromatic heterocycles. The quantitative estimate of drug-likeness (QED) is 0.249. The van der Waals surface area contributed by atoms with Gasteiger partial charge in [0, 0.05) is 35.6 Å². The van der Waals surface area contributed by atoms with E-state index in [1.165, 1.54) is 17.7 Å². The molecular weight excluding hydrogens is 493 g/mol. The zero-order valence-corrected chi connectivity index (χ0v) is 22.3. The Balaban J connectivity index is 1.61. The second-order valence-electron chi connectivity index (χ2n) is 10.5. The van der Waals surface area contributed by atoms with Crippen molar-refractivity contribution in [3.8, 4) is 0 Å². The zero-order valence-electron chi connectivity index (χ0n) is 21.4. The maximum atomic E-state index is 12.9. The summed E-state index contributed by atoms with van der Waals surface area (Å²) in [4.78, 5) is 18.2. The molecule has 1 N–H and O–H groups in total. The lowest BCUT2D eigenvalue weighted by Crippen LogP contribution is -2.26. The predicted octanol–water partition coefficient (Wildman–Crippen LogP) is 7.95. The summed E-state index contributed by atoms with van der Waals surface area (Å²) in [6, 6.07) is 22.7. The number of pyridine rings is 1. The van der Waals surface area contributed by atoms with Crippen LogP contribution in [0.1, 0.15) is 48.6 Å². The van der Waals surface area contributed by atoms with Crippen LogP contribution < -0.4 is 5.56 Å². The lowest BCUT2D eigenvalue weighted by atomic mass is 9.87. The zero-order chi connectivity index (χ0) is 26.8. The summed E-state index contributed by atoms with van der Waals surface area (Å²) >= 11 is -0.118. The van der Waals surface area contributed by atoms with E-state index in [1.807, 2.05) is 31.2 Å². The first-order chi connectivity index (χ1) is 17.4. The Bertz CT molecular complexity index is 1420. The van der Waals surface area contributed by atoms with Crippen LogP contribution in [0.4, 0.5) is 13.2 Å². The van der Waals surface area contributed by atoms with E-state index in [4.69, 9.17) is 0 Å². The Kier molecular flexibility index (Phi) is 7.85. The monoisotopic (exact) mass is 524 g/mol. The highest BCUT2D eigenvalue weighted by Crippen LogP contribution is 2.36. The Morgan fingerprint density at radius 2 is 1.41 bits per heavy atom. The van der Waals surface area contributed by atoms with Crippen LogP contribution in [0, 0.1) is 6.92 Å². The van der Waals surface area contributed by atoms with Crippen molar-refractivity contribution in [1.29, 1.82) is 0 Å². The van der Waals surface area contributed by atoms with Crippen LogP contribution in [-0.4, -0.2) is 15.4 Å². The standard InChI is InChI=1S/C30H31F3N2OS/c1-20-5-14-27-23(15-20)16-24(28(36)34-27)19-35(17-21-6-10-25(11-7-21)29(2,3)4)18-22-8-12-26(13-9-22)37-30(31,32)33/h5-16H,17-19H2,1-4H3,(H,34,36). The van der Waals surface area contributed by atoms with Crippen molar-refractivity contribution in [2.24, 2.45) is 0 Å². The minimum Gasteiger partial charge on any atom is -0.322 e. The van der Waals surface area contributed by atoms with Gasteiger partial charge in [-0.05, 0) is 76.5 Å². The number of nitrogens with zero attached hydrogens (tertiary/aromatic N) is 1. The molecular formula is C30H31F3N2OS. The molecule has 0 spiro atoms. The Hall–Kier alpha value is -3.03. The van der Waals surface area contributed by atoms with Crippen LogP contribution in [0.3, 0.4) is 0 Å². The second kappa shape index (κ2) is 10.8. The van der Waals surface area contributed by atoms with Crippen molar-refractivity contribution in [3.63, 3.8) is 0 Å². The summed E-state index contributed by atoms with van der Waals surface area (Å²) < 4.78 is 38.2. The van der Waals surface area contributed by atoms with E-state index >= 15 is 0 Å². The first-order valence-electron chi connectivity index (χ1n) is 12.1. The summed E-state index contributed by atoms with van der Waals surface area (Å²) in [5.41, 5.74) is 1.36. The second-order valence-corrected chi connectivity index (χ2v) is 11.6. The average molecular weight is 525 g/mol. The fourth-order valence-corrected chi connectivity index (χ4v) is 4.86. The van der Waals surface area contributed by atoms with Crippen molar-refractivity contribution >= 4 is 22.7 Å². The number of hydrogen-bond acceptors (Lipinski definition) is 3. The topological polar surface area (TPSA) is 36.1 Å². The number of halogens is 3. The molecule has 0 amide bonds. The van der Waals surface area contributed by atoms with Gasteiger partial charge in [0.05, 0.1) is 0 Å². The number of hydrogen-bond donors (Lipinski definition) is 1. The van der Waals surface area contributed by atoms with Gasteiger partial charge < -0.3 is 4.98 Å². The van der Waals surface area contributed by atoms with Gasteiger partial charge in [-0.25, -0.2) is 0 Å². The van der Waals surface area contributed by atoms with Gasteiger partial charge in [-0.3, -0.25) is 9.69 Å². The van der Waals surface area contributed by atoms with E-state index in [0.29, 0.717) is 25.2 Å². The molecule has 0 bridgehead atoms. The third kappa shape index (κ3) is 7.49. The van der Waals surface area contributed by atoms with Gasteiger partial charge >= 0.3 is 5.51 Å². The highest BCUT2D eigenvalue weighted by molar-refractivity contribution is 8.00. The average Bonchev–Trinajstić information content (AvgIpc) is 2.80. The normalized spacial score (nSPS) is 12.4. The molecule has 0 aliphatic carbocycles. The van der Waals surface area contributed by atoms with Crippen molar-refractivity contribution in [2.75, 3.05) is 0 Å². The molecule has 4 rings (SSSR count). The number of H-pyrrole nitrogens is 1. The number of aromatic amines is 1. The maximum Gasteiger partial charge on any atom is 0.446 e. The van der Waals surface area contributed by atoms with Gasteiger partial charge in [-0.15, -0.1) is 0 Å². The summed E-state index contributed by atoms with van der Waals surface area (Å²) in [6.07, 6.45) is 0. The van der Waals surface area contributed by atoms with Gasteiger partial charge in [-0.1, -0.05) is 68.8 Å². The lowest BCUT2D eigenvalue weighted by Gasteiger charge is -2.24. The number of thioether (sulfide) groups is 1. The number of aromatic nitrogens is 1. The SMILES string of the molecule is Cc1ccc2[nH]c(=O)c(CN(Cc3ccc(SC(F)(F)F)cc3)Cc3ccc(C(C)(C)C)cc3)cc2c1. The first kappa shape index (κ1) is 27.0. The molecule has 0 unspecified atom stereocenters. The summed E-state index contributed by atoms with van der Waals surface area (Å²) in [5.74, 6) is 0. The lowest BCUT2D eigenvalue weighted by molar-refractivity contribution is -0.0328. The molecule has 7 heteroatoms. The number of aryl methyl sites for hydroxylation is 1. The summed E-state index contributed by atoms with van der Waals surface area (Å²) in [5, 5.41) is 0.970. The molecule has 0 radical (unpaired) electrons. The summed E-state index contributed by atoms with van der Waals surface area (Å²) in [6.45, 7) is 10.0. The molecule has 3 aromatic carbocycles. The van der Waals surface area contributed by atoms with Crippen molar-refractivity contribution in [1.82, 2.24) is 9.88 Å². The van der Waals surface area contributed by atoms with Crippen LogP contribution >= 0.6 is 11.8 Å². The van der Waals surface area contributed by atoms with Crippen LogP contribution in [0.5, 0.6) is 0 Å². The van der Waals surface area contributed by atoms with E-state index in [1.54, 1.807) is 12.1 Å². The molecule has 1 heterocycles. The van der Waals surface area contributed by atoms with E-state index < -0.39 is 5.51 Å². The highest BCUT2D eigenvalue weighted by atomic mass is 32.2. The molecule has 4 aromatic rings. The minimum atomic E-state index is -4.32. The van der Waals surface area contributed by atoms with Gasteiger partial charge in [0.1, 0.15) is 0 Å². The van der Waals surface area contributed by atoms with Gasteiger partial charge in [0.25, 0.3) is 5.56 Å². The predicted molar refractivity (Wildman–Crippen MR) is 146 cm³/mol. The van der Waals surface area contributed by atoms with E-state index in [-0.39, 0.29) is 27.6 Å². The Morgan fingerprint density at radius 1 is 0.811 bits per heavy atom. The number of rotatable bonds is 7. The maximum absolute atomic E-state index is 12.9. The molecule has 3 nitrogen and oxygen atoms in total. The fourth-order valence-electron chi connectivity index (χ4n) is 4.32. The number of benzene rings is 3. The van der Waals surface area contributed by atoms with Crippen molar-refractivity contribution in [3.05, 3.63) is 111 Å². The van der Waals surface area contributed by atoms with Crippen molar-refractivity contribution in [2.45, 2.75) is 63.1 Å². The van der Waals surface area contributed by atoms with Gasteiger partial charge in [0.2, 0.25) is 0 Å². The molecule has 0 atom stereocenters. The van der Waals surface area contributed by atoms with E-state index in [2.05, 4.69) is 54.9 Å². The van der Waals surface area contributed by atoms with Crippen LogP contribution in [-0.2, 0) is 25.0 Å². The third-order valence-electron chi connectivity index (χ3n) is 6.26. The fraction of sp³-hybridized carbons (Fsp3) is 0.300. The first-order valence-corrected chi connectivity index (χ1v) is 13.0. The highest BCUT2D eigenvalue weighted by Gasteiger charge is 2.29.